The van der Waals surface area contributed by atoms with Crippen LogP contribution in [0.15, 0.2) is 12.5 Å². The van der Waals surface area contributed by atoms with Gasteiger partial charge in [-0.3, -0.25) is 9.59 Å². The summed E-state index contributed by atoms with van der Waals surface area (Å²) in [5, 5.41) is 23.2. The first-order chi connectivity index (χ1) is 11.7. The Morgan fingerprint density at radius 2 is 1.88 bits per heavy atom. The average Bonchev–Trinajstić information content (AvgIpc) is 3.03. The molecule has 2 amide bonds. The van der Waals surface area contributed by atoms with Crippen molar-refractivity contribution in [1.29, 1.82) is 0 Å². The van der Waals surface area contributed by atoms with Gasteiger partial charge in [-0.05, 0) is 12.3 Å². The second-order valence-electron chi connectivity index (χ2n) is 6.16. The highest BCUT2D eigenvalue weighted by Crippen LogP contribution is 2.03. The number of carboxylic acids is 1. The molecule has 10 nitrogen and oxygen atoms in total. The molecular formula is C15H25N5O5. The molecule has 0 aliphatic carbocycles. The number of nitrogens with zero attached hydrogens (tertiary/aromatic N) is 1. The van der Waals surface area contributed by atoms with Crippen molar-refractivity contribution >= 4 is 17.8 Å². The van der Waals surface area contributed by atoms with E-state index in [1.165, 1.54) is 12.5 Å². The van der Waals surface area contributed by atoms with E-state index in [0.717, 1.165) is 0 Å². The number of nitrogens with two attached hydrogens (primary N) is 1. The topological polar surface area (TPSA) is 170 Å². The molecule has 0 saturated heterocycles. The van der Waals surface area contributed by atoms with E-state index in [9.17, 15) is 24.6 Å². The fourth-order valence-electron chi connectivity index (χ4n) is 2.18. The van der Waals surface area contributed by atoms with Crippen LogP contribution in [-0.4, -0.2) is 62.7 Å². The van der Waals surface area contributed by atoms with Crippen molar-refractivity contribution in [2.75, 3.05) is 6.61 Å². The third-order valence-electron chi connectivity index (χ3n) is 3.47. The Balaban J connectivity index is 2.66. The van der Waals surface area contributed by atoms with Gasteiger partial charge in [0.2, 0.25) is 11.8 Å². The summed E-state index contributed by atoms with van der Waals surface area (Å²) in [6, 6.07) is -3.33. The van der Waals surface area contributed by atoms with E-state index >= 15 is 0 Å². The molecule has 10 heteroatoms. The number of imidazole rings is 1. The van der Waals surface area contributed by atoms with E-state index in [4.69, 9.17) is 5.73 Å². The summed E-state index contributed by atoms with van der Waals surface area (Å²) in [4.78, 5) is 42.0. The van der Waals surface area contributed by atoms with Gasteiger partial charge in [0.1, 0.15) is 12.1 Å². The van der Waals surface area contributed by atoms with Crippen molar-refractivity contribution in [1.82, 2.24) is 20.6 Å². The minimum absolute atomic E-state index is 0.0139. The molecule has 0 aliphatic rings. The molecule has 0 bridgehead atoms. The molecule has 0 saturated carbocycles. The van der Waals surface area contributed by atoms with Crippen LogP contribution in [0.25, 0.3) is 0 Å². The van der Waals surface area contributed by atoms with E-state index in [-0.39, 0.29) is 12.3 Å². The molecule has 0 fully saturated rings. The maximum absolute atomic E-state index is 12.2. The molecular weight excluding hydrogens is 330 g/mol. The minimum atomic E-state index is -1.28. The molecule has 1 aromatic rings. The second-order valence-corrected chi connectivity index (χ2v) is 6.16. The van der Waals surface area contributed by atoms with Gasteiger partial charge in [0.25, 0.3) is 0 Å². The third-order valence-corrected chi connectivity index (χ3v) is 3.47. The number of hydrogen-bond acceptors (Lipinski definition) is 6. The maximum Gasteiger partial charge on any atom is 0.326 e. The summed E-state index contributed by atoms with van der Waals surface area (Å²) in [6.07, 6.45) is 3.24. The van der Waals surface area contributed by atoms with Gasteiger partial charge < -0.3 is 31.6 Å². The quantitative estimate of drug-likeness (QED) is 0.292. The van der Waals surface area contributed by atoms with Crippen molar-refractivity contribution < 1.29 is 24.6 Å². The van der Waals surface area contributed by atoms with Gasteiger partial charge in [-0.2, -0.15) is 0 Å². The molecule has 3 atom stereocenters. The number of rotatable bonds is 10. The zero-order valence-corrected chi connectivity index (χ0v) is 14.2. The lowest BCUT2D eigenvalue weighted by molar-refractivity contribution is -0.142. The number of aliphatic hydroxyl groups is 1. The normalized spacial score (nSPS) is 14.6. The van der Waals surface area contributed by atoms with Crippen LogP contribution in [0.3, 0.4) is 0 Å². The number of carboxylic acid groups (broad SMARTS) is 1. The van der Waals surface area contributed by atoms with Gasteiger partial charge in [-0.1, -0.05) is 13.8 Å². The van der Waals surface area contributed by atoms with Gasteiger partial charge >= 0.3 is 5.97 Å². The Kier molecular flexibility index (Phi) is 8.02. The van der Waals surface area contributed by atoms with Crippen molar-refractivity contribution in [2.24, 2.45) is 11.7 Å². The van der Waals surface area contributed by atoms with Crippen LogP contribution in [-0.2, 0) is 20.8 Å². The Bertz CT molecular complexity index is 575. The highest BCUT2D eigenvalue weighted by Gasteiger charge is 2.28. The number of carbonyl (C=O) groups is 3. The Morgan fingerprint density at radius 3 is 2.36 bits per heavy atom. The van der Waals surface area contributed by atoms with Gasteiger partial charge in [-0.15, -0.1) is 0 Å². The molecule has 1 rings (SSSR count). The van der Waals surface area contributed by atoms with E-state index in [2.05, 4.69) is 20.6 Å². The summed E-state index contributed by atoms with van der Waals surface area (Å²) in [5.41, 5.74) is 6.25. The number of aliphatic carboxylic acids is 1. The van der Waals surface area contributed by atoms with Gasteiger partial charge in [0, 0.05) is 18.3 Å². The molecule has 7 N–H and O–H groups in total. The third kappa shape index (κ3) is 6.89. The summed E-state index contributed by atoms with van der Waals surface area (Å²) in [6.45, 7) is 3.12. The van der Waals surface area contributed by atoms with Crippen LogP contribution >= 0.6 is 0 Å². The van der Waals surface area contributed by atoms with Gasteiger partial charge in [0.15, 0.2) is 0 Å². The molecule has 1 heterocycles. The number of aliphatic hydroxyl groups excluding tert-OH is 1. The van der Waals surface area contributed by atoms with Gasteiger partial charge in [-0.25, -0.2) is 9.78 Å². The molecule has 140 valence electrons. The largest absolute Gasteiger partial charge is 0.480 e. The Labute approximate surface area is 145 Å². The predicted octanol–water partition coefficient (Wildman–Crippen LogP) is -1.63. The molecule has 0 unspecified atom stereocenters. The molecule has 0 aromatic carbocycles. The van der Waals surface area contributed by atoms with Gasteiger partial charge in [0.05, 0.1) is 19.0 Å². The number of H-pyrrole nitrogens is 1. The predicted molar refractivity (Wildman–Crippen MR) is 88.3 cm³/mol. The van der Waals surface area contributed by atoms with Crippen LogP contribution in [0, 0.1) is 5.92 Å². The first kappa shape index (κ1) is 20.6. The zero-order valence-electron chi connectivity index (χ0n) is 14.2. The summed E-state index contributed by atoms with van der Waals surface area (Å²) >= 11 is 0. The van der Waals surface area contributed by atoms with Crippen LogP contribution in [0.1, 0.15) is 26.0 Å². The van der Waals surface area contributed by atoms with Crippen LogP contribution in [0.2, 0.25) is 0 Å². The number of aromatic amines is 1. The number of aromatic nitrogens is 2. The Hall–Kier alpha value is -2.46. The summed E-state index contributed by atoms with van der Waals surface area (Å²) in [5.74, 6) is -2.45. The lowest BCUT2D eigenvalue weighted by atomic mass is 10.0. The molecule has 0 aliphatic heterocycles. The highest BCUT2D eigenvalue weighted by atomic mass is 16.4. The lowest BCUT2D eigenvalue weighted by Crippen LogP contribution is -2.56. The first-order valence-corrected chi connectivity index (χ1v) is 7.91. The Morgan fingerprint density at radius 1 is 1.24 bits per heavy atom. The van der Waals surface area contributed by atoms with Crippen molar-refractivity contribution in [3.63, 3.8) is 0 Å². The van der Waals surface area contributed by atoms with E-state index in [1.54, 1.807) is 0 Å². The fraction of sp³-hybridized carbons (Fsp3) is 0.600. The number of hydrogen-bond donors (Lipinski definition) is 6. The number of nitrogens with one attached hydrogen (secondary N) is 3. The minimum Gasteiger partial charge on any atom is -0.480 e. The van der Waals surface area contributed by atoms with Crippen molar-refractivity contribution in [3.05, 3.63) is 18.2 Å². The molecule has 0 radical (unpaired) electrons. The molecule has 0 spiro atoms. The summed E-state index contributed by atoms with van der Waals surface area (Å²) < 4.78 is 0. The standard InChI is InChI=1S/C15H25N5O5/c1-8(2)3-10(16)13(22)20-12(6-21)14(23)19-11(15(24)25)4-9-5-17-7-18-9/h5,7-8,10-12,21H,3-4,6,16H2,1-2H3,(H,17,18)(H,19,23)(H,20,22)(H,24,25)/t10-,11-,12-/m0/s1. The fourth-order valence-corrected chi connectivity index (χ4v) is 2.18. The van der Waals surface area contributed by atoms with E-state index < -0.39 is 42.5 Å². The smallest absolute Gasteiger partial charge is 0.326 e. The summed E-state index contributed by atoms with van der Waals surface area (Å²) in [7, 11) is 0. The van der Waals surface area contributed by atoms with E-state index in [0.29, 0.717) is 12.1 Å². The maximum atomic E-state index is 12.2. The molecule has 1 aromatic heterocycles. The number of amides is 2. The SMILES string of the molecule is CC(C)C[C@H](N)C(=O)N[C@@H](CO)C(=O)N[C@@H](Cc1cnc[nH]1)C(=O)O. The zero-order chi connectivity index (χ0) is 19.0. The first-order valence-electron chi connectivity index (χ1n) is 7.91. The average molecular weight is 355 g/mol. The van der Waals surface area contributed by atoms with Crippen molar-refractivity contribution in [2.45, 2.75) is 44.8 Å². The number of carbonyl (C=O) groups excluding carboxylic acids is 2. The van der Waals surface area contributed by atoms with Crippen molar-refractivity contribution in [3.8, 4) is 0 Å². The second kappa shape index (κ2) is 9.74. The van der Waals surface area contributed by atoms with Crippen LogP contribution < -0.4 is 16.4 Å². The van der Waals surface area contributed by atoms with Crippen LogP contribution in [0.4, 0.5) is 0 Å². The lowest BCUT2D eigenvalue weighted by Gasteiger charge is -2.21. The highest BCUT2D eigenvalue weighted by molar-refractivity contribution is 5.91. The molecule has 25 heavy (non-hydrogen) atoms. The monoisotopic (exact) mass is 355 g/mol. The van der Waals surface area contributed by atoms with Crippen LogP contribution in [0.5, 0.6) is 0 Å². The van der Waals surface area contributed by atoms with E-state index in [1.807, 2.05) is 13.8 Å².